The largest absolute Gasteiger partial charge is 0.478 e. The van der Waals surface area contributed by atoms with Crippen molar-refractivity contribution in [2.24, 2.45) is 0 Å². The van der Waals surface area contributed by atoms with Crippen molar-refractivity contribution in [1.29, 1.82) is 0 Å². The molecule has 0 aliphatic carbocycles. The molecular formula is C12H14FNO3S. The highest BCUT2D eigenvalue weighted by Crippen LogP contribution is 2.27. The number of nitrogens with one attached hydrogen (secondary N) is 1. The molecule has 1 aromatic carbocycles. The van der Waals surface area contributed by atoms with Crippen molar-refractivity contribution in [2.45, 2.75) is 24.0 Å². The first kappa shape index (κ1) is 14.5. The van der Waals surface area contributed by atoms with Crippen LogP contribution in [0.2, 0.25) is 0 Å². The van der Waals surface area contributed by atoms with E-state index in [4.69, 9.17) is 5.11 Å². The Labute approximate surface area is 109 Å². The Bertz CT molecular complexity index is 465. The van der Waals surface area contributed by atoms with E-state index in [0.29, 0.717) is 6.54 Å². The van der Waals surface area contributed by atoms with Crippen LogP contribution in [0, 0.1) is 5.82 Å². The van der Waals surface area contributed by atoms with Crippen LogP contribution in [0.4, 0.5) is 4.39 Å². The summed E-state index contributed by atoms with van der Waals surface area (Å²) in [5.74, 6) is -1.86. The van der Waals surface area contributed by atoms with Gasteiger partial charge in [0.25, 0.3) is 0 Å². The number of thioether (sulfide) groups is 1. The van der Waals surface area contributed by atoms with Crippen LogP contribution >= 0.6 is 11.8 Å². The third-order valence-electron chi connectivity index (χ3n) is 2.20. The molecule has 18 heavy (non-hydrogen) atoms. The van der Waals surface area contributed by atoms with Gasteiger partial charge in [-0.25, -0.2) is 9.18 Å². The standard InChI is InChI=1S/C12H14FNO3S/c1-3-14-11(15)7(2)18-10-6-8(12(16)17)4-5-9(10)13/h4-7H,3H2,1-2H3,(H,14,15)(H,16,17). The molecule has 0 saturated carbocycles. The first-order valence-corrected chi connectivity index (χ1v) is 6.31. The number of hydrogen-bond donors (Lipinski definition) is 2. The van der Waals surface area contributed by atoms with Crippen molar-refractivity contribution in [1.82, 2.24) is 5.32 Å². The van der Waals surface area contributed by atoms with Crippen molar-refractivity contribution in [3.8, 4) is 0 Å². The summed E-state index contributed by atoms with van der Waals surface area (Å²) in [6, 6.07) is 3.52. The van der Waals surface area contributed by atoms with E-state index in [-0.39, 0.29) is 16.4 Å². The van der Waals surface area contributed by atoms with Crippen LogP contribution in [-0.2, 0) is 4.79 Å². The minimum atomic E-state index is -1.12. The van der Waals surface area contributed by atoms with Gasteiger partial charge >= 0.3 is 5.97 Å². The predicted octanol–water partition coefficient (Wildman–Crippen LogP) is 2.14. The molecule has 0 aliphatic rings. The molecule has 1 aromatic rings. The number of aromatic carboxylic acids is 1. The Hall–Kier alpha value is -1.56. The number of benzene rings is 1. The van der Waals surface area contributed by atoms with E-state index in [9.17, 15) is 14.0 Å². The first-order valence-electron chi connectivity index (χ1n) is 5.43. The smallest absolute Gasteiger partial charge is 0.335 e. The normalized spacial score (nSPS) is 11.9. The van der Waals surface area contributed by atoms with Gasteiger partial charge in [0.15, 0.2) is 0 Å². The lowest BCUT2D eigenvalue weighted by Gasteiger charge is -2.11. The van der Waals surface area contributed by atoms with E-state index < -0.39 is 17.0 Å². The molecule has 0 aromatic heterocycles. The summed E-state index contributed by atoms with van der Waals surface area (Å²) < 4.78 is 13.5. The molecule has 0 fully saturated rings. The van der Waals surface area contributed by atoms with Crippen molar-refractivity contribution in [3.05, 3.63) is 29.6 Å². The molecule has 0 saturated heterocycles. The van der Waals surface area contributed by atoms with Crippen LogP contribution in [0.25, 0.3) is 0 Å². The number of carboxylic acid groups (broad SMARTS) is 1. The number of halogens is 1. The van der Waals surface area contributed by atoms with Crippen molar-refractivity contribution in [3.63, 3.8) is 0 Å². The van der Waals surface area contributed by atoms with Crippen molar-refractivity contribution < 1.29 is 19.1 Å². The van der Waals surface area contributed by atoms with Crippen LogP contribution in [0.5, 0.6) is 0 Å². The summed E-state index contributed by atoms with van der Waals surface area (Å²) in [4.78, 5) is 22.4. The van der Waals surface area contributed by atoms with Crippen LogP contribution < -0.4 is 5.32 Å². The molecule has 1 atom stereocenters. The fourth-order valence-corrected chi connectivity index (χ4v) is 2.24. The van der Waals surface area contributed by atoms with Crippen LogP contribution in [0.1, 0.15) is 24.2 Å². The quantitative estimate of drug-likeness (QED) is 0.805. The molecule has 0 bridgehead atoms. The number of carbonyl (C=O) groups is 2. The molecular weight excluding hydrogens is 257 g/mol. The van der Waals surface area contributed by atoms with E-state index in [0.717, 1.165) is 17.8 Å². The third-order valence-corrected chi connectivity index (χ3v) is 3.34. The number of carbonyl (C=O) groups excluding carboxylic acids is 1. The van der Waals surface area contributed by atoms with Gasteiger partial charge in [0.1, 0.15) is 5.82 Å². The summed E-state index contributed by atoms with van der Waals surface area (Å²) in [6.45, 7) is 3.94. The van der Waals surface area contributed by atoms with Gasteiger partial charge < -0.3 is 10.4 Å². The molecule has 1 amide bonds. The summed E-state index contributed by atoms with van der Waals surface area (Å²) in [5.41, 5.74) is 0.00185. The van der Waals surface area contributed by atoms with E-state index >= 15 is 0 Å². The number of hydrogen-bond acceptors (Lipinski definition) is 3. The molecule has 0 spiro atoms. The fourth-order valence-electron chi connectivity index (χ4n) is 1.29. The van der Waals surface area contributed by atoms with Crippen LogP contribution in [0.15, 0.2) is 23.1 Å². The van der Waals surface area contributed by atoms with Crippen molar-refractivity contribution >= 4 is 23.6 Å². The molecule has 0 heterocycles. The molecule has 6 heteroatoms. The Morgan fingerprint density at radius 3 is 2.72 bits per heavy atom. The average molecular weight is 271 g/mol. The maximum atomic E-state index is 13.5. The lowest BCUT2D eigenvalue weighted by Crippen LogP contribution is -2.30. The van der Waals surface area contributed by atoms with Gasteiger partial charge in [-0.15, -0.1) is 11.8 Å². The van der Waals surface area contributed by atoms with Gasteiger partial charge in [0.2, 0.25) is 5.91 Å². The first-order chi connectivity index (χ1) is 8.45. The zero-order valence-corrected chi connectivity index (χ0v) is 10.9. The van der Waals surface area contributed by atoms with E-state index in [1.807, 2.05) is 0 Å². The second-order valence-electron chi connectivity index (χ2n) is 3.61. The SMILES string of the molecule is CCNC(=O)C(C)Sc1cc(C(=O)O)ccc1F. The Morgan fingerprint density at radius 1 is 1.50 bits per heavy atom. The summed E-state index contributed by atoms with van der Waals surface area (Å²) in [6.07, 6.45) is 0. The number of carboxylic acids is 1. The highest BCUT2D eigenvalue weighted by atomic mass is 32.2. The van der Waals surface area contributed by atoms with Gasteiger partial charge in [-0.1, -0.05) is 0 Å². The van der Waals surface area contributed by atoms with Gasteiger partial charge in [0.05, 0.1) is 10.8 Å². The monoisotopic (exact) mass is 271 g/mol. The van der Waals surface area contributed by atoms with Gasteiger partial charge in [-0.05, 0) is 32.0 Å². The second-order valence-corrected chi connectivity index (χ2v) is 4.99. The molecule has 2 N–H and O–H groups in total. The maximum absolute atomic E-state index is 13.5. The lowest BCUT2D eigenvalue weighted by atomic mass is 10.2. The minimum absolute atomic E-state index is 0.00185. The molecule has 1 rings (SSSR count). The molecule has 4 nitrogen and oxygen atoms in total. The fraction of sp³-hybridized carbons (Fsp3) is 0.333. The van der Waals surface area contributed by atoms with E-state index in [1.54, 1.807) is 13.8 Å². The number of amides is 1. The number of rotatable bonds is 5. The van der Waals surface area contributed by atoms with E-state index in [1.165, 1.54) is 12.1 Å². The van der Waals surface area contributed by atoms with Crippen molar-refractivity contribution in [2.75, 3.05) is 6.54 Å². The highest BCUT2D eigenvalue weighted by molar-refractivity contribution is 8.00. The zero-order valence-electron chi connectivity index (χ0n) is 10.1. The van der Waals surface area contributed by atoms with Crippen LogP contribution in [-0.4, -0.2) is 28.8 Å². The summed E-state index contributed by atoms with van der Waals surface area (Å²) in [5, 5.41) is 11.0. The average Bonchev–Trinajstić information content (AvgIpc) is 2.31. The van der Waals surface area contributed by atoms with E-state index in [2.05, 4.69) is 5.32 Å². The summed E-state index contributed by atoms with van der Waals surface area (Å²) in [7, 11) is 0. The molecule has 1 unspecified atom stereocenters. The lowest BCUT2D eigenvalue weighted by molar-refractivity contribution is -0.120. The minimum Gasteiger partial charge on any atom is -0.478 e. The molecule has 98 valence electrons. The maximum Gasteiger partial charge on any atom is 0.335 e. The van der Waals surface area contributed by atoms with Gasteiger partial charge in [-0.3, -0.25) is 4.79 Å². The second kappa shape index (κ2) is 6.39. The topological polar surface area (TPSA) is 66.4 Å². The Kier molecular flexibility index (Phi) is 5.15. The summed E-state index contributed by atoms with van der Waals surface area (Å²) >= 11 is 0.999. The third kappa shape index (κ3) is 3.73. The van der Waals surface area contributed by atoms with Gasteiger partial charge in [0, 0.05) is 11.4 Å². The predicted molar refractivity (Wildman–Crippen MR) is 67.4 cm³/mol. The Morgan fingerprint density at radius 2 is 2.17 bits per heavy atom. The van der Waals surface area contributed by atoms with Crippen LogP contribution in [0.3, 0.4) is 0 Å². The zero-order chi connectivity index (χ0) is 13.7. The van der Waals surface area contributed by atoms with Gasteiger partial charge in [-0.2, -0.15) is 0 Å². The Balaban J connectivity index is 2.86. The molecule has 0 aliphatic heterocycles. The highest BCUT2D eigenvalue weighted by Gasteiger charge is 2.17. The molecule has 0 radical (unpaired) electrons.